The van der Waals surface area contributed by atoms with Crippen LogP contribution in [0.4, 0.5) is 5.69 Å². The van der Waals surface area contributed by atoms with Crippen LogP contribution in [0, 0.1) is 0 Å². The first kappa shape index (κ1) is 15.0. The molecule has 3 rings (SSSR count). The number of nitrogens with two attached hydrogens (primary N) is 1. The second-order valence-corrected chi connectivity index (χ2v) is 6.27. The number of aromatic hydroxyl groups is 4. The number of fused-ring (bicyclic) bond motifs is 2. The highest BCUT2D eigenvalue weighted by molar-refractivity contribution is 7.86. The minimum absolute atomic E-state index is 0.124. The Balaban J connectivity index is 2.74. The van der Waals surface area contributed by atoms with Gasteiger partial charge in [0.1, 0.15) is 11.5 Å². The molecule has 0 heterocycles. The van der Waals surface area contributed by atoms with E-state index >= 15 is 0 Å². The van der Waals surface area contributed by atoms with Gasteiger partial charge in [0, 0.05) is 10.8 Å². The molecule has 0 spiro atoms. The molecule has 8 nitrogen and oxygen atoms in total. The molecule has 120 valence electrons. The summed E-state index contributed by atoms with van der Waals surface area (Å²) in [7, 11) is -5.03. The average molecular weight is 337 g/mol. The standard InChI is InChI=1S/C14H11NO7S/c15-9-7-8(12(18)14(13(9)19)23(20,21)22)11(17)6-4-2-1-3-5(6)10(7)16/h1-4,16-19H,15H2,(H,20,21,22). The van der Waals surface area contributed by atoms with Gasteiger partial charge >= 0.3 is 10.1 Å². The molecule has 0 fully saturated rings. The summed E-state index contributed by atoms with van der Waals surface area (Å²) < 4.78 is 31.9. The third-order valence-electron chi connectivity index (χ3n) is 3.61. The van der Waals surface area contributed by atoms with Gasteiger partial charge in [-0.3, -0.25) is 4.55 Å². The monoisotopic (exact) mass is 337 g/mol. The van der Waals surface area contributed by atoms with Crippen LogP contribution in [0.25, 0.3) is 21.5 Å². The molecule has 0 aliphatic heterocycles. The van der Waals surface area contributed by atoms with Crippen LogP contribution in [0.2, 0.25) is 0 Å². The summed E-state index contributed by atoms with van der Waals surface area (Å²) in [5.74, 6) is -3.25. The lowest BCUT2D eigenvalue weighted by Gasteiger charge is -2.16. The van der Waals surface area contributed by atoms with Gasteiger partial charge in [-0.05, 0) is 0 Å². The summed E-state index contributed by atoms with van der Waals surface area (Å²) in [6.07, 6.45) is 0. The maximum Gasteiger partial charge on any atom is 0.302 e. The molecule has 9 heteroatoms. The van der Waals surface area contributed by atoms with Gasteiger partial charge in [0.05, 0.1) is 16.5 Å². The van der Waals surface area contributed by atoms with Crippen LogP contribution in [-0.2, 0) is 10.1 Å². The van der Waals surface area contributed by atoms with E-state index in [0.29, 0.717) is 0 Å². The van der Waals surface area contributed by atoms with Crippen molar-refractivity contribution in [3.63, 3.8) is 0 Å². The van der Waals surface area contributed by atoms with Crippen LogP contribution in [0.5, 0.6) is 23.0 Å². The molecule has 3 aromatic rings. The zero-order valence-corrected chi connectivity index (χ0v) is 12.2. The first-order valence-electron chi connectivity index (χ1n) is 6.23. The van der Waals surface area contributed by atoms with Crippen LogP contribution in [0.3, 0.4) is 0 Å². The van der Waals surface area contributed by atoms with Crippen molar-refractivity contribution >= 4 is 37.4 Å². The molecule has 0 aromatic heterocycles. The highest BCUT2D eigenvalue weighted by Crippen LogP contribution is 2.53. The lowest BCUT2D eigenvalue weighted by atomic mass is 9.98. The van der Waals surface area contributed by atoms with Gasteiger partial charge in [-0.2, -0.15) is 8.42 Å². The smallest absolute Gasteiger partial charge is 0.302 e. The molecule has 0 radical (unpaired) electrons. The van der Waals surface area contributed by atoms with Crippen molar-refractivity contribution in [2.75, 3.05) is 5.73 Å². The second-order valence-electron chi connectivity index (χ2n) is 4.91. The zero-order chi connectivity index (χ0) is 17.1. The van der Waals surface area contributed by atoms with Gasteiger partial charge in [0.15, 0.2) is 16.4 Å². The molecule has 0 aliphatic carbocycles. The Morgan fingerprint density at radius 1 is 0.783 bits per heavy atom. The zero-order valence-electron chi connectivity index (χ0n) is 11.3. The molecule has 0 aliphatic rings. The van der Waals surface area contributed by atoms with Gasteiger partial charge in [-0.25, -0.2) is 0 Å². The highest BCUT2D eigenvalue weighted by atomic mass is 32.2. The molecule has 0 saturated carbocycles. The predicted octanol–water partition coefficient (Wildman–Crippen LogP) is 1.64. The SMILES string of the molecule is Nc1c(O)c(S(=O)(=O)O)c(O)c2c(O)c3ccccc3c(O)c12. The van der Waals surface area contributed by atoms with Crippen molar-refractivity contribution in [2.45, 2.75) is 4.90 Å². The largest absolute Gasteiger partial charge is 0.507 e. The molecule has 0 amide bonds. The number of hydrogen-bond donors (Lipinski definition) is 6. The fourth-order valence-corrected chi connectivity index (χ4v) is 3.31. The van der Waals surface area contributed by atoms with Crippen LogP contribution in [0.15, 0.2) is 29.2 Å². The second kappa shape index (κ2) is 4.54. The molecule has 0 bridgehead atoms. The Hall–Kier alpha value is -2.91. The number of hydrogen-bond acceptors (Lipinski definition) is 7. The minimum atomic E-state index is -5.03. The molecule has 0 saturated heterocycles. The van der Waals surface area contributed by atoms with Gasteiger partial charge in [-0.15, -0.1) is 0 Å². The van der Waals surface area contributed by atoms with E-state index in [9.17, 15) is 28.8 Å². The first-order valence-corrected chi connectivity index (χ1v) is 7.67. The van der Waals surface area contributed by atoms with Crippen molar-refractivity contribution in [1.82, 2.24) is 0 Å². The average Bonchev–Trinajstić information content (AvgIpc) is 2.47. The Morgan fingerprint density at radius 3 is 1.74 bits per heavy atom. The summed E-state index contributed by atoms with van der Waals surface area (Å²) in [5.41, 5.74) is 5.03. The Labute approximate surface area is 129 Å². The highest BCUT2D eigenvalue weighted by Gasteiger charge is 2.30. The summed E-state index contributed by atoms with van der Waals surface area (Å²) in [6.45, 7) is 0. The Morgan fingerprint density at radius 2 is 1.26 bits per heavy atom. The van der Waals surface area contributed by atoms with Crippen molar-refractivity contribution in [3.8, 4) is 23.0 Å². The fraction of sp³-hybridized carbons (Fsp3) is 0. The van der Waals surface area contributed by atoms with E-state index in [1.54, 1.807) is 12.1 Å². The number of nitrogen functional groups attached to an aromatic ring is 1. The summed E-state index contributed by atoms with van der Waals surface area (Å²) in [5, 5.41) is 40.2. The fourth-order valence-electron chi connectivity index (χ4n) is 2.61. The van der Waals surface area contributed by atoms with Crippen molar-refractivity contribution < 1.29 is 33.4 Å². The summed E-state index contributed by atoms with van der Waals surface area (Å²) >= 11 is 0. The van der Waals surface area contributed by atoms with E-state index < -0.39 is 49.1 Å². The molecule has 0 unspecified atom stereocenters. The molecule has 3 aromatic carbocycles. The lowest BCUT2D eigenvalue weighted by Crippen LogP contribution is -2.03. The maximum absolute atomic E-state index is 11.4. The third kappa shape index (κ3) is 1.91. The van der Waals surface area contributed by atoms with E-state index in [-0.39, 0.29) is 16.2 Å². The molecule has 0 atom stereocenters. The van der Waals surface area contributed by atoms with Gasteiger partial charge < -0.3 is 26.2 Å². The molecular formula is C14H11NO7S. The van der Waals surface area contributed by atoms with Crippen molar-refractivity contribution in [1.29, 1.82) is 0 Å². The minimum Gasteiger partial charge on any atom is -0.507 e. The van der Waals surface area contributed by atoms with Gasteiger partial charge in [0.2, 0.25) is 0 Å². The van der Waals surface area contributed by atoms with Crippen LogP contribution < -0.4 is 5.73 Å². The van der Waals surface area contributed by atoms with Crippen LogP contribution >= 0.6 is 0 Å². The number of phenolic OH excluding ortho intramolecular Hbond substituents is 4. The molecule has 7 N–H and O–H groups in total. The Kier molecular flexibility index (Phi) is 2.96. The number of phenols is 4. The number of rotatable bonds is 1. The first-order chi connectivity index (χ1) is 10.7. The quantitative estimate of drug-likeness (QED) is 0.128. The molecular weight excluding hydrogens is 326 g/mol. The van der Waals surface area contributed by atoms with E-state index in [1.807, 2.05) is 0 Å². The van der Waals surface area contributed by atoms with Gasteiger partial charge in [-0.1, -0.05) is 24.3 Å². The van der Waals surface area contributed by atoms with E-state index in [1.165, 1.54) is 12.1 Å². The number of anilines is 1. The summed E-state index contributed by atoms with van der Waals surface area (Å²) in [4.78, 5) is -1.24. The van der Waals surface area contributed by atoms with E-state index in [0.717, 1.165) is 0 Å². The third-order valence-corrected chi connectivity index (χ3v) is 4.51. The predicted molar refractivity (Wildman–Crippen MR) is 82.3 cm³/mol. The van der Waals surface area contributed by atoms with Gasteiger partial charge in [0.25, 0.3) is 0 Å². The van der Waals surface area contributed by atoms with Crippen LogP contribution in [0.1, 0.15) is 0 Å². The van der Waals surface area contributed by atoms with E-state index in [4.69, 9.17) is 10.3 Å². The normalized spacial score (nSPS) is 12.0. The van der Waals surface area contributed by atoms with Crippen LogP contribution in [-0.4, -0.2) is 33.4 Å². The Bertz CT molecular complexity index is 1090. The maximum atomic E-state index is 11.4. The van der Waals surface area contributed by atoms with Crippen molar-refractivity contribution in [2.24, 2.45) is 0 Å². The van der Waals surface area contributed by atoms with Crippen molar-refractivity contribution in [3.05, 3.63) is 24.3 Å². The lowest BCUT2D eigenvalue weighted by molar-refractivity contribution is 0.413. The topological polar surface area (TPSA) is 161 Å². The summed E-state index contributed by atoms with van der Waals surface area (Å²) in [6, 6.07) is 6.03. The number of benzene rings is 3. The molecule has 23 heavy (non-hydrogen) atoms. The van der Waals surface area contributed by atoms with E-state index in [2.05, 4.69) is 0 Å².